The van der Waals surface area contributed by atoms with Gasteiger partial charge < -0.3 is 20.8 Å². The van der Waals surface area contributed by atoms with E-state index in [0.29, 0.717) is 36.3 Å². The van der Waals surface area contributed by atoms with Gasteiger partial charge in [-0.3, -0.25) is 4.79 Å². The van der Waals surface area contributed by atoms with Crippen LogP contribution in [-0.4, -0.2) is 11.9 Å². The molecule has 0 aliphatic heterocycles. The van der Waals surface area contributed by atoms with Gasteiger partial charge in [0, 0.05) is 11.3 Å². The van der Waals surface area contributed by atoms with E-state index >= 15 is 0 Å². The minimum absolute atomic E-state index is 0.163. The highest BCUT2D eigenvalue weighted by molar-refractivity contribution is 5.94. The van der Waals surface area contributed by atoms with Crippen molar-refractivity contribution in [3.05, 3.63) is 89.4 Å². The van der Waals surface area contributed by atoms with Crippen molar-refractivity contribution in [3.63, 3.8) is 0 Å². The van der Waals surface area contributed by atoms with E-state index in [1.807, 2.05) is 36.4 Å². The Morgan fingerprint density at radius 1 is 1.10 bits per heavy atom. The van der Waals surface area contributed by atoms with Crippen molar-refractivity contribution in [2.24, 2.45) is 10.7 Å². The van der Waals surface area contributed by atoms with Crippen molar-refractivity contribution in [2.75, 3.05) is 5.32 Å². The average molecular weight is 390 g/mol. The second-order valence-corrected chi connectivity index (χ2v) is 7.07. The number of hydrogen-bond acceptors (Lipinski definition) is 3. The number of carbonyl (C=O) groups excluding carboxylic acids is 1. The zero-order chi connectivity index (χ0) is 20.6. The van der Waals surface area contributed by atoms with E-state index in [0.717, 1.165) is 11.3 Å². The van der Waals surface area contributed by atoms with Crippen molar-refractivity contribution < 1.29 is 9.21 Å². The van der Waals surface area contributed by atoms with E-state index in [9.17, 15) is 4.79 Å². The molecule has 150 valence electrons. The average Bonchev–Trinajstić information content (AvgIpc) is 3.24. The summed E-state index contributed by atoms with van der Waals surface area (Å²) in [4.78, 5) is 16.7. The van der Waals surface area contributed by atoms with Crippen LogP contribution < -0.4 is 16.4 Å². The fraction of sp³-hybridized carbons (Fsp3) is 0.217. The van der Waals surface area contributed by atoms with Crippen molar-refractivity contribution in [1.29, 1.82) is 0 Å². The lowest BCUT2D eigenvalue weighted by Crippen LogP contribution is -2.23. The number of amides is 1. The molecule has 29 heavy (non-hydrogen) atoms. The molecule has 0 unspecified atom stereocenters. The zero-order valence-corrected chi connectivity index (χ0v) is 16.7. The van der Waals surface area contributed by atoms with Crippen LogP contribution in [0.4, 0.5) is 5.69 Å². The van der Waals surface area contributed by atoms with Gasteiger partial charge in [-0.2, -0.15) is 0 Å². The Morgan fingerprint density at radius 3 is 2.69 bits per heavy atom. The Labute approximate surface area is 170 Å². The molecule has 1 aromatic heterocycles. The maximum Gasteiger partial charge on any atom is 0.251 e. The van der Waals surface area contributed by atoms with E-state index in [1.165, 1.54) is 5.56 Å². The van der Waals surface area contributed by atoms with Crippen molar-refractivity contribution in [3.8, 4) is 0 Å². The second-order valence-electron chi connectivity index (χ2n) is 7.07. The summed E-state index contributed by atoms with van der Waals surface area (Å²) in [5.41, 5.74) is 9.64. The lowest BCUT2D eigenvalue weighted by Gasteiger charge is -2.10. The molecule has 6 nitrogen and oxygen atoms in total. The van der Waals surface area contributed by atoms with E-state index in [4.69, 9.17) is 10.2 Å². The number of rotatable bonds is 7. The molecule has 0 radical (unpaired) electrons. The molecule has 1 amide bonds. The maximum atomic E-state index is 12.3. The van der Waals surface area contributed by atoms with E-state index < -0.39 is 0 Å². The topological polar surface area (TPSA) is 92.6 Å². The monoisotopic (exact) mass is 390 g/mol. The summed E-state index contributed by atoms with van der Waals surface area (Å²) < 4.78 is 5.22. The molecule has 0 aliphatic carbocycles. The second kappa shape index (κ2) is 9.59. The van der Waals surface area contributed by atoms with Gasteiger partial charge in [-0.15, -0.1) is 0 Å². The predicted octanol–water partition coefficient (Wildman–Crippen LogP) is 4.26. The lowest BCUT2D eigenvalue weighted by atomic mass is 10.0. The SMILES string of the molecule is CC(C)c1cccc(NC(N)=NCc2cccc(C(=O)NCc3ccco3)c2)c1. The Kier molecular flexibility index (Phi) is 6.68. The Bertz CT molecular complexity index is 978. The molecule has 3 aromatic rings. The first-order valence-electron chi connectivity index (χ1n) is 9.57. The van der Waals surface area contributed by atoms with Crippen LogP contribution in [0.25, 0.3) is 0 Å². The summed E-state index contributed by atoms with van der Waals surface area (Å²) in [6, 6.07) is 19.0. The molecule has 2 aromatic carbocycles. The van der Waals surface area contributed by atoms with Crippen LogP contribution in [-0.2, 0) is 13.1 Å². The standard InChI is InChI=1S/C23H26N4O2/c1-16(2)18-7-4-9-20(13-18)27-23(24)26-14-17-6-3-8-19(12-17)22(28)25-15-21-10-5-11-29-21/h3-13,16H,14-15H2,1-2H3,(H,25,28)(H3,24,26,27). The number of carbonyl (C=O) groups is 1. The van der Waals surface area contributed by atoms with Crippen LogP contribution in [0.1, 0.15) is 47.0 Å². The largest absolute Gasteiger partial charge is 0.467 e. The van der Waals surface area contributed by atoms with Gasteiger partial charge in [-0.05, 0) is 53.4 Å². The molecule has 0 saturated carbocycles. The van der Waals surface area contributed by atoms with Crippen LogP contribution in [0.15, 0.2) is 76.3 Å². The van der Waals surface area contributed by atoms with Gasteiger partial charge in [0.05, 0.1) is 19.4 Å². The van der Waals surface area contributed by atoms with E-state index in [1.54, 1.807) is 18.4 Å². The fourth-order valence-electron chi connectivity index (χ4n) is 2.83. The first kappa shape index (κ1) is 20.2. The molecule has 0 saturated heterocycles. The summed E-state index contributed by atoms with van der Waals surface area (Å²) in [7, 11) is 0. The third-order valence-corrected chi connectivity index (χ3v) is 4.45. The highest BCUT2D eigenvalue weighted by atomic mass is 16.3. The zero-order valence-electron chi connectivity index (χ0n) is 16.7. The van der Waals surface area contributed by atoms with Gasteiger partial charge >= 0.3 is 0 Å². The van der Waals surface area contributed by atoms with Crippen LogP contribution in [0.3, 0.4) is 0 Å². The third kappa shape index (κ3) is 5.97. The van der Waals surface area contributed by atoms with Gasteiger partial charge in [0.2, 0.25) is 0 Å². The molecule has 0 atom stereocenters. The molecule has 0 aliphatic rings. The summed E-state index contributed by atoms with van der Waals surface area (Å²) in [5, 5.41) is 5.95. The number of guanidine groups is 1. The van der Waals surface area contributed by atoms with Gasteiger partial charge in [0.15, 0.2) is 5.96 Å². The summed E-state index contributed by atoms with van der Waals surface area (Å²) in [6.07, 6.45) is 1.58. The third-order valence-electron chi connectivity index (χ3n) is 4.45. The normalized spacial score (nSPS) is 11.5. The predicted molar refractivity (Wildman–Crippen MR) is 116 cm³/mol. The van der Waals surface area contributed by atoms with Gasteiger partial charge in [0.1, 0.15) is 5.76 Å². The first-order valence-corrected chi connectivity index (χ1v) is 9.57. The molecule has 3 rings (SSSR count). The fourth-order valence-corrected chi connectivity index (χ4v) is 2.83. The van der Waals surface area contributed by atoms with E-state index in [-0.39, 0.29) is 5.91 Å². The summed E-state index contributed by atoms with van der Waals surface area (Å²) in [5.74, 6) is 1.32. The Morgan fingerprint density at radius 2 is 1.93 bits per heavy atom. The molecule has 6 heteroatoms. The number of nitrogens with zero attached hydrogens (tertiary/aromatic N) is 1. The number of nitrogens with one attached hydrogen (secondary N) is 2. The minimum atomic E-state index is -0.163. The highest BCUT2D eigenvalue weighted by Gasteiger charge is 2.07. The quantitative estimate of drug-likeness (QED) is 0.415. The molecule has 0 fully saturated rings. The molecule has 0 spiro atoms. The minimum Gasteiger partial charge on any atom is -0.467 e. The first-order chi connectivity index (χ1) is 14.0. The van der Waals surface area contributed by atoms with Gasteiger partial charge in [0.25, 0.3) is 5.91 Å². The number of nitrogens with two attached hydrogens (primary N) is 1. The number of benzene rings is 2. The van der Waals surface area contributed by atoms with Gasteiger partial charge in [-0.25, -0.2) is 4.99 Å². The maximum absolute atomic E-state index is 12.3. The van der Waals surface area contributed by atoms with Crippen molar-refractivity contribution >= 4 is 17.6 Å². The van der Waals surface area contributed by atoms with Crippen molar-refractivity contribution in [1.82, 2.24) is 5.32 Å². The van der Waals surface area contributed by atoms with Crippen molar-refractivity contribution in [2.45, 2.75) is 32.9 Å². The summed E-state index contributed by atoms with van der Waals surface area (Å²) in [6.45, 7) is 5.02. The number of aliphatic imine (C=N–C) groups is 1. The molecule has 4 N–H and O–H groups in total. The van der Waals surface area contributed by atoms with Crippen LogP contribution in [0.2, 0.25) is 0 Å². The van der Waals surface area contributed by atoms with E-state index in [2.05, 4.69) is 41.6 Å². The Hall–Kier alpha value is -3.54. The van der Waals surface area contributed by atoms with Crippen LogP contribution in [0, 0.1) is 0 Å². The number of furan rings is 1. The number of hydrogen-bond donors (Lipinski definition) is 3. The summed E-state index contributed by atoms with van der Waals surface area (Å²) >= 11 is 0. The molecular formula is C23H26N4O2. The van der Waals surface area contributed by atoms with Crippen LogP contribution >= 0.6 is 0 Å². The van der Waals surface area contributed by atoms with Crippen LogP contribution in [0.5, 0.6) is 0 Å². The molecule has 1 heterocycles. The molecular weight excluding hydrogens is 364 g/mol. The van der Waals surface area contributed by atoms with Gasteiger partial charge in [-0.1, -0.05) is 38.1 Å². The Balaban J connectivity index is 1.59. The highest BCUT2D eigenvalue weighted by Crippen LogP contribution is 2.18. The number of anilines is 1. The molecule has 0 bridgehead atoms. The lowest BCUT2D eigenvalue weighted by molar-refractivity contribution is 0.0948. The smallest absolute Gasteiger partial charge is 0.251 e.